The number of anilines is 2. The van der Waals surface area contributed by atoms with Gasteiger partial charge in [-0.05, 0) is 24.4 Å². The van der Waals surface area contributed by atoms with E-state index in [1.165, 1.54) is 35.6 Å². The minimum Gasteiger partial charge on any atom is -0.340 e. The summed E-state index contributed by atoms with van der Waals surface area (Å²) in [6, 6.07) is 0. The first-order chi connectivity index (χ1) is 11.8. The third kappa shape index (κ3) is 2.04. The maximum atomic E-state index is 12.4. The van der Waals surface area contributed by atoms with Crippen LogP contribution in [0.4, 0.5) is 10.9 Å². The van der Waals surface area contributed by atoms with Crippen LogP contribution in [-0.2, 0) is 5.54 Å². The molecule has 0 saturated heterocycles. The van der Waals surface area contributed by atoms with Gasteiger partial charge in [-0.25, -0.2) is 15.0 Å². The standard InChI is InChI=1S/C15H14N6OS2/c22-13-10-11(15(21-13)4-2-1-3-5-15)19-14(23-10)20-12-9-8(6-18-24-9)16-7-17-12/h6-7H,1-5H2,(H,21,22)(H,16,17,19,20). The van der Waals surface area contributed by atoms with Gasteiger partial charge < -0.3 is 10.6 Å². The van der Waals surface area contributed by atoms with Gasteiger partial charge >= 0.3 is 0 Å². The van der Waals surface area contributed by atoms with Crippen molar-refractivity contribution in [2.24, 2.45) is 0 Å². The second-order valence-corrected chi connectivity index (χ2v) is 7.98. The molecule has 7 nitrogen and oxygen atoms in total. The van der Waals surface area contributed by atoms with E-state index in [0.717, 1.165) is 46.5 Å². The molecule has 1 spiro atoms. The number of carbonyl (C=O) groups excluding carboxylic acids is 1. The first-order valence-electron chi connectivity index (χ1n) is 7.91. The quantitative estimate of drug-likeness (QED) is 0.731. The number of thiazole rings is 1. The molecule has 0 atom stereocenters. The number of rotatable bonds is 2. The topological polar surface area (TPSA) is 92.7 Å². The Morgan fingerprint density at radius 2 is 2.08 bits per heavy atom. The molecular weight excluding hydrogens is 344 g/mol. The molecule has 0 radical (unpaired) electrons. The first kappa shape index (κ1) is 14.2. The van der Waals surface area contributed by atoms with Crippen molar-refractivity contribution in [3.05, 3.63) is 23.1 Å². The van der Waals surface area contributed by atoms with Crippen LogP contribution in [0, 0.1) is 0 Å². The molecule has 0 bridgehead atoms. The average molecular weight is 358 g/mol. The molecule has 2 N–H and O–H groups in total. The molecule has 1 saturated carbocycles. The highest BCUT2D eigenvalue weighted by Crippen LogP contribution is 2.45. The van der Waals surface area contributed by atoms with E-state index in [0.29, 0.717) is 10.9 Å². The van der Waals surface area contributed by atoms with Crippen molar-refractivity contribution in [2.75, 3.05) is 5.32 Å². The van der Waals surface area contributed by atoms with E-state index in [1.807, 2.05) is 0 Å². The van der Waals surface area contributed by atoms with Crippen LogP contribution in [0.1, 0.15) is 47.5 Å². The largest absolute Gasteiger partial charge is 0.340 e. The molecule has 9 heteroatoms. The van der Waals surface area contributed by atoms with Crippen LogP contribution in [-0.4, -0.2) is 25.2 Å². The summed E-state index contributed by atoms with van der Waals surface area (Å²) in [6.45, 7) is 0. The van der Waals surface area contributed by atoms with Crippen molar-refractivity contribution in [1.82, 2.24) is 24.6 Å². The van der Waals surface area contributed by atoms with E-state index in [9.17, 15) is 4.79 Å². The van der Waals surface area contributed by atoms with Crippen molar-refractivity contribution in [3.63, 3.8) is 0 Å². The van der Waals surface area contributed by atoms with E-state index in [4.69, 9.17) is 4.98 Å². The van der Waals surface area contributed by atoms with E-state index in [2.05, 4.69) is 25.0 Å². The van der Waals surface area contributed by atoms with E-state index >= 15 is 0 Å². The van der Waals surface area contributed by atoms with Gasteiger partial charge in [0.25, 0.3) is 5.91 Å². The van der Waals surface area contributed by atoms with Crippen molar-refractivity contribution < 1.29 is 4.79 Å². The lowest BCUT2D eigenvalue weighted by Crippen LogP contribution is -2.41. The summed E-state index contributed by atoms with van der Waals surface area (Å²) < 4.78 is 5.05. The van der Waals surface area contributed by atoms with E-state index < -0.39 is 0 Å². The predicted molar refractivity (Wildman–Crippen MR) is 92.8 cm³/mol. The Labute approximate surface area is 145 Å². The monoisotopic (exact) mass is 358 g/mol. The van der Waals surface area contributed by atoms with E-state index in [1.54, 1.807) is 6.20 Å². The predicted octanol–water partition coefficient (Wildman–Crippen LogP) is 3.19. The summed E-state index contributed by atoms with van der Waals surface area (Å²) in [5, 5.41) is 7.13. The number of aromatic nitrogens is 4. The zero-order valence-electron chi connectivity index (χ0n) is 12.7. The Morgan fingerprint density at radius 1 is 1.21 bits per heavy atom. The average Bonchev–Trinajstić information content (AvgIpc) is 3.27. The number of amides is 1. The summed E-state index contributed by atoms with van der Waals surface area (Å²) >= 11 is 2.74. The number of hydrogen-bond donors (Lipinski definition) is 2. The number of nitrogens with one attached hydrogen (secondary N) is 2. The van der Waals surface area contributed by atoms with Gasteiger partial charge in [0, 0.05) is 0 Å². The molecule has 1 amide bonds. The van der Waals surface area contributed by atoms with Crippen LogP contribution >= 0.6 is 22.9 Å². The number of carbonyl (C=O) groups is 1. The third-order valence-electron chi connectivity index (χ3n) is 4.72. The smallest absolute Gasteiger partial charge is 0.264 e. The van der Waals surface area contributed by atoms with Gasteiger partial charge in [0.1, 0.15) is 21.4 Å². The fourth-order valence-electron chi connectivity index (χ4n) is 3.59. The summed E-state index contributed by atoms with van der Waals surface area (Å²) in [5.74, 6) is 0.691. The molecule has 2 aliphatic rings. The Morgan fingerprint density at radius 3 is 2.96 bits per heavy atom. The Bertz CT molecular complexity index is 942. The molecule has 5 rings (SSSR count). The van der Waals surface area contributed by atoms with Crippen molar-refractivity contribution in [2.45, 2.75) is 37.6 Å². The molecular formula is C15H14N6OS2. The molecule has 122 valence electrons. The molecule has 4 heterocycles. The molecule has 1 fully saturated rings. The lowest BCUT2D eigenvalue weighted by atomic mass is 9.81. The van der Waals surface area contributed by atoms with E-state index in [-0.39, 0.29) is 11.4 Å². The minimum absolute atomic E-state index is 0.00285. The van der Waals surface area contributed by atoms with Crippen molar-refractivity contribution >= 4 is 49.9 Å². The second-order valence-electron chi connectivity index (χ2n) is 6.18. The van der Waals surface area contributed by atoms with Crippen molar-refractivity contribution in [3.8, 4) is 0 Å². The van der Waals surface area contributed by atoms with Crippen molar-refractivity contribution in [1.29, 1.82) is 0 Å². The molecule has 1 aliphatic heterocycles. The molecule has 0 aromatic carbocycles. The summed E-state index contributed by atoms with van der Waals surface area (Å²) in [4.78, 5) is 26.3. The lowest BCUT2D eigenvalue weighted by Gasteiger charge is -2.32. The number of hydrogen-bond acceptors (Lipinski definition) is 8. The number of fused-ring (bicyclic) bond motifs is 3. The molecule has 0 unspecified atom stereocenters. The highest BCUT2D eigenvalue weighted by atomic mass is 32.1. The molecule has 3 aromatic heterocycles. The van der Waals surface area contributed by atoms with Crippen LogP contribution in [0.3, 0.4) is 0 Å². The fourth-order valence-corrected chi connectivity index (χ4v) is 5.20. The van der Waals surface area contributed by atoms with Crippen LogP contribution in [0.25, 0.3) is 10.2 Å². The summed E-state index contributed by atoms with van der Waals surface area (Å²) in [7, 11) is 0. The maximum Gasteiger partial charge on any atom is 0.264 e. The van der Waals surface area contributed by atoms with Gasteiger partial charge in [-0.15, -0.1) is 0 Å². The van der Waals surface area contributed by atoms with Gasteiger partial charge in [0.05, 0.1) is 17.4 Å². The normalized spacial score (nSPS) is 18.8. The molecule has 3 aromatic rings. The first-order valence-corrected chi connectivity index (χ1v) is 9.50. The highest BCUT2D eigenvalue weighted by molar-refractivity contribution is 7.18. The zero-order valence-corrected chi connectivity index (χ0v) is 14.3. The van der Waals surface area contributed by atoms with Crippen LogP contribution in [0.5, 0.6) is 0 Å². The second kappa shape index (κ2) is 5.18. The highest BCUT2D eigenvalue weighted by Gasteiger charge is 2.46. The zero-order chi connectivity index (χ0) is 16.1. The Kier molecular flexibility index (Phi) is 3.07. The maximum absolute atomic E-state index is 12.4. The minimum atomic E-state index is -0.257. The Balaban J connectivity index is 1.53. The summed E-state index contributed by atoms with van der Waals surface area (Å²) in [5.41, 5.74) is 1.46. The molecule has 1 aliphatic carbocycles. The van der Waals surface area contributed by atoms with Gasteiger partial charge in [-0.3, -0.25) is 4.79 Å². The SMILES string of the molecule is O=C1NC2(CCCCC2)c2nc(Nc3ncnc4cnsc34)sc21. The van der Waals surface area contributed by atoms with Crippen LogP contribution in [0.2, 0.25) is 0 Å². The van der Waals surface area contributed by atoms with Crippen LogP contribution in [0.15, 0.2) is 12.5 Å². The van der Waals surface area contributed by atoms with Gasteiger partial charge in [0.15, 0.2) is 10.9 Å². The summed E-state index contributed by atoms with van der Waals surface area (Å²) in [6.07, 6.45) is 8.67. The van der Waals surface area contributed by atoms with Gasteiger partial charge in [-0.2, -0.15) is 4.37 Å². The van der Waals surface area contributed by atoms with Gasteiger partial charge in [0.2, 0.25) is 0 Å². The fraction of sp³-hybridized carbons (Fsp3) is 0.400. The lowest BCUT2D eigenvalue weighted by molar-refractivity contribution is 0.0910. The van der Waals surface area contributed by atoms with Crippen LogP contribution < -0.4 is 10.6 Å². The number of nitrogens with zero attached hydrogens (tertiary/aromatic N) is 4. The molecule has 24 heavy (non-hydrogen) atoms. The Hall–Kier alpha value is -2.13. The van der Waals surface area contributed by atoms with Gasteiger partial charge in [-0.1, -0.05) is 30.6 Å². The third-order valence-corrected chi connectivity index (χ3v) is 6.49.